The van der Waals surface area contributed by atoms with Crippen molar-refractivity contribution in [1.82, 2.24) is 5.32 Å². The lowest BCUT2D eigenvalue weighted by molar-refractivity contribution is 0.173. The minimum absolute atomic E-state index is 0.105. The van der Waals surface area contributed by atoms with Crippen molar-refractivity contribution in [2.75, 3.05) is 19.3 Å². The number of sulfone groups is 1. The highest BCUT2D eigenvalue weighted by molar-refractivity contribution is 7.91. The van der Waals surface area contributed by atoms with Crippen LogP contribution in [0, 0.1) is 5.41 Å². The van der Waals surface area contributed by atoms with E-state index in [4.69, 9.17) is 11.6 Å². The van der Waals surface area contributed by atoms with E-state index in [9.17, 15) is 8.42 Å². The molecule has 1 aliphatic carbocycles. The number of hydrogen-bond acceptors (Lipinski definition) is 3. The molecule has 3 nitrogen and oxygen atoms in total. The SMILES string of the molecule is CS(=O)(=O)C1CCCC12CCNCC2c1ccc(Cl)cc1. The largest absolute Gasteiger partial charge is 0.316 e. The predicted octanol–water partition coefficient (Wildman–Crippen LogP) is 3.00. The van der Waals surface area contributed by atoms with E-state index < -0.39 is 9.84 Å². The average Bonchev–Trinajstić information content (AvgIpc) is 2.85. The summed E-state index contributed by atoms with van der Waals surface area (Å²) >= 11 is 5.99. The van der Waals surface area contributed by atoms with Crippen LogP contribution < -0.4 is 5.32 Å². The van der Waals surface area contributed by atoms with Crippen LogP contribution in [0.5, 0.6) is 0 Å². The fourth-order valence-corrected chi connectivity index (χ4v) is 6.45. The van der Waals surface area contributed by atoms with Crippen molar-refractivity contribution in [2.24, 2.45) is 5.41 Å². The van der Waals surface area contributed by atoms with E-state index in [1.165, 1.54) is 11.8 Å². The molecule has 116 valence electrons. The van der Waals surface area contributed by atoms with Crippen LogP contribution in [0.1, 0.15) is 37.2 Å². The van der Waals surface area contributed by atoms with Crippen molar-refractivity contribution in [3.63, 3.8) is 0 Å². The molecule has 2 aliphatic rings. The normalized spacial score (nSPS) is 33.4. The lowest BCUT2D eigenvalue weighted by Gasteiger charge is -2.45. The zero-order valence-corrected chi connectivity index (χ0v) is 13.9. The molecule has 1 aromatic rings. The molecule has 0 radical (unpaired) electrons. The second-order valence-corrected chi connectivity index (χ2v) is 9.17. The molecule has 1 heterocycles. The highest BCUT2D eigenvalue weighted by Crippen LogP contribution is 2.54. The third-order valence-corrected chi connectivity index (χ3v) is 7.34. The van der Waals surface area contributed by atoms with Gasteiger partial charge in [0.25, 0.3) is 0 Å². The van der Waals surface area contributed by atoms with Crippen LogP contribution in [-0.4, -0.2) is 33.0 Å². The summed E-state index contributed by atoms with van der Waals surface area (Å²) in [6, 6.07) is 7.92. The van der Waals surface area contributed by atoms with Crippen molar-refractivity contribution in [3.8, 4) is 0 Å². The van der Waals surface area contributed by atoms with Crippen molar-refractivity contribution in [3.05, 3.63) is 34.9 Å². The Bertz CT molecular complexity index is 614. The van der Waals surface area contributed by atoms with E-state index in [1.54, 1.807) is 0 Å². The number of rotatable bonds is 2. The highest BCUT2D eigenvalue weighted by atomic mass is 35.5. The van der Waals surface area contributed by atoms with Gasteiger partial charge in [0.15, 0.2) is 9.84 Å². The van der Waals surface area contributed by atoms with Crippen LogP contribution in [0.15, 0.2) is 24.3 Å². The predicted molar refractivity (Wildman–Crippen MR) is 86.6 cm³/mol. The molecule has 0 bridgehead atoms. The van der Waals surface area contributed by atoms with Crippen molar-refractivity contribution >= 4 is 21.4 Å². The summed E-state index contributed by atoms with van der Waals surface area (Å²) in [4.78, 5) is 0. The third kappa shape index (κ3) is 2.73. The minimum atomic E-state index is -3.01. The third-order valence-electron chi connectivity index (χ3n) is 5.35. The first-order valence-corrected chi connectivity index (χ1v) is 9.92. The Balaban J connectivity index is 2.03. The van der Waals surface area contributed by atoms with Crippen molar-refractivity contribution in [2.45, 2.75) is 36.9 Å². The lowest BCUT2D eigenvalue weighted by atomic mass is 9.66. The molecule has 3 rings (SSSR count). The Hall–Kier alpha value is -0.580. The van der Waals surface area contributed by atoms with Crippen LogP contribution in [-0.2, 0) is 9.84 Å². The zero-order valence-electron chi connectivity index (χ0n) is 12.3. The van der Waals surface area contributed by atoms with Gasteiger partial charge >= 0.3 is 0 Å². The van der Waals surface area contributed by atoms with Gasteiger partial charge in [0.2, 0.25) is 0 Å². The average molecular weight is 328 g/mol. The summed E-state index contributed by atoms with van der Waals surface area (Å²) in [6.07, 6.45) is 5.19. The Kier molecular flexibility index (Phi) is 4.06. The Morgan fingerprint density at radius 2 is 1.95 bits per heavy atom. The Morgan fingerprint density at radius 3 is 2.62 bits per heavy atom. The number of halogens is 1. The van der Waals surface area contributed by atoms with Crippen LogP contribution >= 0.6 is 11.6 Å². The van der Waals surface area contributed by atoms with Crippen LogP contribution in [0.25, 0.3) is 0 Å². The maximum Gasteiger partial charge on any atom is 0.150 e. The fraction of sp³-hybridized carbons (Fsp3) is 0.625. The molecule has 5 heteroatoms. The van der Waals surface area contributed by atoms with Gasteiger partial charge < -0.3 is 5.32 Å². The summed E-state index contributed by atoms with van der Waals surface area (Å²) in [5.41, 5.74) is 1.11. The Morgan fingerprint density at radius 1 is 1.24 bits per heavy atom. The number of piperidine rings is 1. The summed E-state index contributed by atoms with van der Waals surface area (Å²) in [5, 5.41) is 3.97. The fourth-order valence-electron chi connectivity index (χ4n) is 4.48. The molecule has 1 saturated carbocycles. The topological polar surface area (TPSA) is 46.2 Å². The second kappa shape index (κ2) is 5.56. The maximum atomic E-state index is 12.3. The summed E-state index contributed by atoms with van der Waals surface area (Å²) < 4.78 is 24.6. The van der Waals surface area contributed by atoms with Gasteiger partial charge in [-0.3, -0.25) is 0 Å². The van der Waals surface area contributed by atoms with Gasteiger partial charge in [-0.25, -0.2) is 8.42 Å². The summed E-state index contributed by atoms with van der Waals surface area (Å²) in [7, 11) is -3.01. The van der Waals surface area contributed by atoms with E-state index in [0.717, 1.165) is 43.8 Å². The molecule has 1 spiro atoms. The van der Waals surface area contributed by atoms with Gasteiger partial charge in [-0.1, -0.05) is 30.2 Å². The first-order chi connectivity index (χ1) is 9.93. The summed E-state index contributed by atoms with van der Waals surface area (Å²) in [6.45, 7) is 1.77. The van der Waals surface area contributed by atoms with E-state index in [-0.39, 0.29) is 16.6 Å². The molecular formula is C16H22ClNO2S. The van der Waals surface area contributed by atoms with Gasteiger partial charge in [-0.2, -0.15) is 0 Å². The molecule has 0 amide bonds. The van der Waals surface area contributed by atoms with Gasteiger partial charge in [0, 0.05) is 23.7 Å². The maximum absolute atomic E-state index is 12.3. The monoisotopic (exact) mass is 327 g/mol. The van der Waals surface area contributed by atoms with E-state index in [0.29, 0.717) is 0 Å². The first kappa shape index (κ1) is 15.3. The van der Waals surface area contributed by atoms with Gasteiger partial charge in [-0.05, 0) is 48.9 Å². The molecule has 0 aromatic heterocycles. The minimum Gasteiger partial charge on any atom is -0.316 e. The van der Waals surface area contributed by atoms with Gasteiger partial charge in [0.1, 0.15) is 0 Å². The van der Waals surface area contributed by atoms with E-state index >= 15 is 0 Å². The molecule has 3 atom stereocenters. The van der Waals surface area contributed by atoms with Crippen molar-refractivity contribution in [1.29, 1.82) is 0 Å². The molecular weight excluding hydrogens is 306 g/mol. The lowest BCUT2D eigenvalue weighted by Crippen LogP contribution is -2.49. The van der Waals surface area contributed by atoms with Crippen LogP contribution in [0.4, 0.5) is 0 Å². The highest BCUT2D eigenvalue weighted by Gasteiger charge is 2.53. The van der Waals surface area contributed by atoms with Crippen LogP contribution in [0.3, 0.4) is 0 Å². The van der Waals surface area contributed by atoms with E-state index in [2.05, 4.69) is 17.4 Å². The number of benzene rings is 1. The molecule has 1 aromatic carbocycles. The molecule has 1 N–H and O–H groups in total. The van der Waals surface area contributed by atoms with Crippen LogP contribution in [0.2, 0.25) is 5.02 Å². The zero-order chi connectivity index (χ0) is 15.1. The number of hydrogen-bond donors (Lipinski definition) is 1. The van der Waals surface area contributed by atoms with Crippen molar-refractivity contribution < 1.29 is 8.42 Å². The molecule has 1 aliphatic heterocycles. The second-order valence-electron chi connectivity index (χ2n) is 6.50. The number of nitrogens with one attached hydrogen (secondary N) is 1. The molecule has 21 heavy (non-hydrogen) atoms. The van der Waals surface area contributed by atoms with E-state index in [1.807, 2.05) is 12.1 Å². The first-order valence-electron chi connectivity index (χ1n) is 7.58. The smallest absolute Gasteiger partial charge is 0.150 e. The molecule has 1 saturated heterocycles. The quantitative estimate of drug-likeness (QED) is 0.908. The Labute approximate surface area is 132 Å². The summed E-state index contributed by atoms with van der Waals surface area (Å²) in [5.74, 6) is 0.255. The molecule has 2 fully saturated rings. The molecule has 3 unspecified atom stereocenters. The standard InChI is InChI=1S/C16H22ClNO2S/c1-21(19,20)15-3-2-8-16(15)9-10-18-11-14(16)12-4-6-13(17)7-5-12/h4-7,14-15,18H,2-3,8-11H2,1H3. The van der Waals surface area contributed by atoms with Gasteiger partial charge in [0.05, 0.1) is 5.25 Å². The van der Waals surface area contributed by atoms with Gasteiger partial charge in [-0.15, -0.1) is 0 Å².